The summed E-state index contributed by atoms with van der Waals surface area (Å²) in [6.45, 7) is 0.161. The molecule has 2 N–H and O–H groups in total. The molecular formula is C21H25ClN2O6S. The number of aliphatic hydroxyl groups excluding tert-OH is 1. The molecule has 1 saturated heterocycles. The second-order valence-corrected chi connectivity index (χ2v) is 9.49. The van der Waals surface area contributed by atoms with Crippen LogP contribution in [-0.2, 0) is 21.2 Å². The van der Waals surface area contributed by atoms with Gasteiger partial charge in [-0.15, -0.1) is 0 Å². The van der Waals surface area contributed by atoms with E-state index in [1.807, 2.05) is 12.1 Å². The first-order valence-electron chi connectivity index (χ1n) is 9.70. The fourth-order valence-electron chi connectivity index (χ4n) is 3.51. The number of nitrogens with one attached hydrogen (secondary N) is 1. The first-order chi connectivity index (χ1) is 14.8. The Morgan fingerprint density at radius 2 is 1.84 bits per heavy atom. The number of carbonyl (C=O) groups excluding carboxylic acids is 1. The van der Waals surface area contributed by atoms with Gasteiger partial charge in [0.2, 0.25) is 15.9 Å². The zero-order valence-corrected chi connectivity index (χ0v) is 18.8. The Bertz CT molecular complexity index is 1030. The van der Waals surface area contributed by atoms with Crippen LogP contribution in [0.3, 0.4) is 0 Å². The molecular weight excluding hydrogens is 444 g/mol. The van der Waals surface area contributed by atoms with Crippen molar-refractivity contribution in [1.82, 2.24) is 9.62 Å². The average Bonchev–Trinajstić information content (AvgIpc) is 3.16. The smallest absolute Gasteiger partial charge is 0.243 e. The largest absolute Gasteiger partial charge is 0.493 e. The number of benzene rings is 2. The van der Waals surface area contributed by atoms with Crippen molar-refractivity contribution in [2.45, 2.75) is 29.9 Å². The molecule has 0 aliphatic carbocycles. The second-order valence-electron chi connectivity index (χ2n) is 7.16. The molecule has 1 fully saturated rings. The van der Waals surface area contributed by atoms with Crippen molar-refractivity contribution in [3.05, 3.63) is 53.1 Å². The van der Waals surface area contributed by atoms with Gasteiger partial charge in [-0.3, -0.25) is 4.79 Å². The van der Waals surface area contributed by atoms with Crippen molar-refractivity contribution in [2.24, 2.45) is 0 Å². The maximum atomic E-state index is 13.0. The fraction of sp³-hybridized carbons (Fsp3) is 0.381. The number of nitrogens with zero attached hydrogens (tertiary/aromatic N) is 1. The molecule has 2 aromatic rings. The van der Waals surface area contributed by atoms with E-state index in [4.69, 9.17) is 21.1 Å². The van der Waals surface area contributed by atoms with E-state index >= 15 is 0 Å². The van der Waals surface area contributed by atoms with Crippen LogP contribution in [0.1, 0.15) is 12.0 Å². The lowest BCUT2D eigenvalue weighted by atomic mass is 10.1. The van der Waals surface area contributed by atoms with Crippen molar-refractivity contribution in [1.29, 1.82) is 0 Å². The van der Waals surface area contributed by atoms with Crippen LogP contribution in [0.4, 0.5) is 0 Å². The summed E-state index contributed by atoms with van der Waals surface area (Å²) in [6.07, 6.45) is -0.357. The molecule has 2 atom stereocenters. The first kappa shape index (κ1) is 23.3. The van der Waals surface area contributed by atoms with Crippen molar-refractivity contribution >= 4 is 27.5 Å². The van der Waals surface area contributed by atoms with Gasteiger partial charge in [0.25, 0.3) is 0 Å². The highest BCUT2D eigenvalue weighted by molar-refractivity contribution is 7.89. The molecule has 0 aromatic heterocycles. The van der Waals surface area contributed by atoms with Crippen LogP contribution in [-0.4, -0.2) is 63.2 Å². The Morgan fingerprint density at radius 1 is 1.16 bits per heavy atom. The third-order valence-corrected chi connectivity index (χ3v) is 7.26. The van der Waals surface area contributed by atoms with Gasteiger partial charge in [-0.05, 0) is 48.4 Å². The summed E-state index contributed by atoms with van der Waals surface area (Å²) in [6, 6.07) is 10.2. The van der Waals surface area contributed by atoms with Crippen molar-refractivity contribution in [2.75, 3.05) is 27.3 Å². The molecule has 31 heavy (non-hydrogen) atoms. The van der Waals surface area contributed by atoms with Gasteiger partial charge in [-0.1, -0.05) is 17.7 Å². The maximum Gasteiger partial charge on any atom is 0.243 e. The van der Waals surface area contributed by atoms with Gasteiger partial charge in [0, 0.05) is 24.5 Å². The highest BCUT2D eigenvalue weighted by Crippen LogP contribution is 2.28. The average molecular weight is 469 g/mol. The maximum absolute atomic E-state index is 13.0. The highest BCUT2D eigenvalue weighted by Gasteiger charge is 2.43. The van der Waals surface area contributed by atoms with E-state index in [9.17, 15) is 18.3 Å². The number of hydrogen-bond donors (Lipinski definition) is 2. The Kier molecular flexibility index (Phi) is 7.42. The molecule has 2 aromatic carbocycles. The number of halogens is 1. The van der Waals surface area contributed by atoms with Gasteiger partial charge in [0.05, 0.1) is 25.2 Å². The second kappa shape index (κ2) is 9.86. The minimum atomic E-state index is -3.95. The summed E-state index contributed by atoms with van der Waals surface area (Å²) < 4.78 is 37.5. The molecule has 1 aliphatic heterocycles. The lowest BCUT2D eigenvalue weighted by Crippen LogP contribution is -2.46. The number of ether oxygens (including phenoxy) is 2. The van der Waals surface area contributed by atoms with Crippen LogP contribution < -0.4 is 14.8 Å². The molecule has 1 amide bonds. The van der Waals surface area contributed by atoms with E-state index in [2.05, 4.69) is 5.32 Å². The molecule has 8 nitrogen and oxygen atoms in total. The normalized spacial score (nSPS) is 19.2. The first-order valence-corrected chi connectivity index (χ1v) is 11.5. The van der Waals surface area contributed by atoms with Gasteiger partial charge in [0.1, 0.15) is 6.04 Å². The molecule has 3 rings (SSSR count). The Balaban J connectivity index is 1.67. The van der Waals surface area contributed by atoms with E-state index in [0.29, 0.717) is 29.5 Å². The quantitative estimate of drug-likeness (QED) is 0.612. The molecule has 1 heterocycles. The zero-order chi connectivity index (χ0) is 22.6. The van der Waals surface area contributed by atoms with E-state index in [-0.39, 0.29) is 17.9 Å². The van der Waals surface area contributed by atoms with E-state index in [1.54, 1.807) is 20.3 Å². The number of amides is 1. The van der Waals surface area contributed by atoms with Crippen LogP contribution in [0.2, 0.25) is 5.02 Å². The SMILES string of the molecule is COc1ccc(CCNC(=O)[C@H]2C[C@H](O)CN2S(=O)(=O)c2ccc(Cl)cc2)cc1OC. The highest BCUT2D eigenvalue weighted by atomic mass is 35.5. The standard InChI is InChI=1S/C21H25ClN2O6S/c1-29-19-8-3-14(11-20(19)30-2)9-10-23-21(26)18-12-16(25)13-24(18)31(27,28)17-6-4-15(22)5-7-17/h3-8,11,16,18,25H,9-10,12-13H2,1-2H3,(H,23,26)/t16-,18+/m0/s1. The van der Waals surface area contributed by atoms with E-state index in [1.165, 1.54) is 24.3 Å². The summed E-state index contributed by atoms with van der Waals surface area (Å²) in [5.74, 6) is 0.748. The van der Waals surface area contributed by atoms with Gasteiger partial charge >= 0.3 is 0 Å². The summed E-state index contributed by atoms with van der Waals surface area (Å²) in [5, 5.41) is 13.2. The van der Waals surface area contributed by atoms with Gasteiger partial charge in [-0.25, -0.2) is 8.42 Å². The number of methoxy groups -OCH3 is 2. The van der Waals surface area contributed by atoms with Crippen molar-refractivity contribution < 1.29 is 27.8 Å². The molecule has 1 aliphatic rings. The van der Waals surface area contributed by atoms with Gasteiger partial charge < -0.3 is 19.9 Å². The monoisotopic (exact) mass is 468 g/mol. The molecule has 0 bridgehead atoms. The van der Waals surface area contributed by atoms with Crippen molar-refractivity contribution in [3.63, 3.8) is 0 Å². The number of β-amino-alcohol motifs (C(OH)–C–C–N with tert-alkyl or cyclic N) is 1. The lowest BCUT2D eigenvalue weighted by Gasteiger charge is -2.23. The van der Waals surface area contributed by atoms with Crippen LogP contribution >= 0.6 is 11.6 Å². The molecule has 10 heteroatoms. The van der Waals surface area contributed by atoms with E-state index in [0.717, 1.165) is 9.87 Å². The topological polar surface area (TPSA) is 105 Å². The predicted octanol–water partition coefficient (Wildman–Crippen LogP) is 1.84. The zero-order valence-electron chi connectivity index (χ0n) is 17.2. The third kappa shape index (κ3) is 5.30. The number of aliphatic hydroxyl groups is 1. The molecule has 0 radical (unpaired) electrons. The Morgan fingerprint density at radius 3 is 2.48 bits per heavy atom. The predicted molar refractivity (Wildman–Crippen MR) is 116 cm³/mol. The van der Waals surface area contributed by atoms with Crippen LogP contribution in [0.15, 0.2) is 47.4 Å². The minimum absolute atomic E-state index is 0.0223. The molecule has 0 saturated carbocycles. The molecule has 0 spiro atoms. The van der Waals surface area contributed by atoms with Gasteiger partial charge in [-0.2, -0.15) is 4.31 Å². The summed E-state index contributed by atoms with van der Waals surface area (Å²) in [4.78, 5) is 12.8. The third-order valence-electron chi connectivity index (χ3n) is 5.12. The lowest BCUT2D eigenvalue weighted by molar-refractivity contribution is -0.124. The van der Waals surface area contributed by atoms with Crippen LogP contribution in [0, 0.1) is 0 Å². The van der Waals surface area contributed by atoms with Gasteiger partial charge in [0.15, 0.2) is 11.5 Å². The Labute approximate surface area is 186 Å². The minimum Gasteiger partial charge on any atom is -0.493 e. The number of carbonyl (C=O) groups is 1. The van der Waals surface area contributed by atoms with Crippen molar-refractivity contribution in [3.8, 4) is 11.5 Å². The molecule has 168 valence electrons. The number of sulfonamides is 1. The number of rotatable bonds is 8. The summed E-state index contributed by atoms with van der Waals surface area (Å²) >= 11 is 5.84. The van der Waals surface area contributed by atoms with Crippen LogP contribution in [0.25, 0.3) is 0 Å². The number of hydrogen-bond acceptors (Lipinski definition) is 6. The molecule has 0 unspecified atom stereocenters. The summed E-state index contributed by atoms with van der Waals surface area (Å²) in [7, 11) is -0.854. The van der Waals surface area contributed by atoms with E-state index < -0.39 is 28.1 Å². The summed E-state index contributed by atoms with van der Waals surface area (Å²) in [5.41, 5.74) is 0.926. The van der Waals surface area contributed by atoms with Crippen LogP contribution in [0.5, 0.6) is 11.5 Å². The fourth-order valence-corrected chi connectivity index (χ4v) is 5.28. The Hall–Kier alpha value is -2.33.